The highest BCUT2D eigenvalue weighted by Gasteiger charge is 2.10. The number of nitrogens with zero attached hydrogens (tertiary/aromatic N) is 3. The first-order valence-electron chi connectivity index (χ1n) is 8.61. The van der Waals surface area contributed by atoms with E-state index in [-0.39, 0.29) is 5.91 Å². The molecule has 0 aliphatic carbocycles. The second kappa shape index (κ2) is 9.09. The van der Waals surface area contributed by atoms with Gasteiger partial charge in [0.25, 0.3) is 5.91 Å². The minimum atomic E-state index is -0.227. The lowest BCUT2D eigenvalue weighted by atomic mass is 10.1. The van der Waals surface area contributed by atoms with Crippen LogP contribution in [-0.2, 0) is 13.0 Å². The molecule has 0 radical (unpaired) electrons. The Hall–Kier alpha value is -2.99. The van der Waals surface area contributed by atoms with Crippen molar-refractivity contribution in [3.63, 3.8) is 0 Å². The summed E-state index contributed by atoms with van der Waals surface area (Å²) in [4.78, 5) is 25.0. The molecule has 0 saturated carbocycles. The summed E-state index contributed by atoms with van der Waals surface area (Å²) in [7, 11) is 0. The van der Waals surface area contributed by atoms with Crippen molar-refractivity contribution in [1.82, 2.24) is 20.3 Å². The van der Waals surface area contributed by atoms with E-state index in [0.717, 1.165) is 11.1 Å². The highest BCUT2D eigenvalue weighted by atomic mass is 35.5. The Morgan fingerprint density at radius 1 is 1.07 bits per heavy atom. The molecule has 0 saturated heterocycles. The number of hydrogen-bond donors (Lipinski definition) is 2. The smallest absolute Gasteiger partial charge is 0.270 e. The van der Waals surface area contributed by atoms with Crippen molar-refractivity contribution in [1.29, 1.82) is 0 Å². The van der Waals surface area contributed by atoms with Gasteiger partial charge in [-0.05, 0) is 48.7 Å². The Morgan fingerprint density at radius 2 is 1.89 bits per heavy atom. The van der Waals surface area contributed by atoms with Gasteiger partial charge >= 0.3 is 0 Å². The van der Waals surface area contributed by atoms with Crippen LogP contribution in [-0.4, -0.2) is 27.4 Å². The fourth-order valence-electron chi connectivity index (χ4n) is 2.57. The predicted octanol–water partition coefficient (Wildman–Crippen LogP) is 3.42. The molecule has 0 bridgehead atoms. The first kappa shape index (κ1) is 18.8. The van der Waals surface area contributed by atoms with Gasteiger partial charge in [-0.3, -0.25) is 9.78 Å². The SMILES string of the molecule is Cc1nc(NCc2ccncc2)cc(C(=O)NCCc2cccc(Cl)c2)n1. The number of aromatic nitrogens is 3. The fourth-order valence-corrected chi connectivity index (χ4v) is 2.78. The molecular formula is C20H20ClN5O. The predicted molar refractivity (Wildman–Crippen MR) is 106 cm³/mol. The van der Waals surface area contributed by atoms with E-state index < -0.39 is 0 Å². The largest absolute Gasteiger partial charge is 0.366 e. The van der Waals surface area contributed by atoms with Gasteiger partial charge in [0.15, 0.2) is 0 Å². The van der Waals surface area contributed by atoms with Crippen LogP contribution in [0, 0.1) is 6.92 Å². The van der Waals surface area contributed by atoms with Gasteiger partial charge in [-0.2, -0.15) is 0 Å². The Balaban J connectivity index is 1.58. The summed E-state index contributed by atoms with van der Waals surface area (Å²) in [6, 6.07) is 13.1. The average molecular weight is 382 g/mol. The third-order valence-electron chi connectivity index (χ3n) is 3.88. The first-order chi connectivity index (χ1) is 13.1. The molecule has 0 fully saturated rings. The molecule has 2 heterocycles. The number of pyridine rings is 1. The molecule has 0 atom stereocenters. The molecule has 27 heavy (non-hydrogen) atoms. The number of nitrogens with one attached hydrogen (secondary N) is 2. The van der Waals surface area contributed by atoms with Gasteiger partial charge in [-0.15, -0.1) is 0 Å². The summed E-state index contributed by atoms with van der Waals surface area (Å²) in [5, 5.41) is 6.79. The van der Waals surface area contributed by atoms with Gasteiger partial charge in [0.05, 0.1) is 0 Å². The first-order valence-corrected chi connectivity index (χ1v) is 8.99. The topological polar surface area (TPSA) is 79.8 Å². The number of amides is 1. The van der Waals surface area contributed by atoms with E-state index in [4.69, 9.17) is 11.6 Å². The zero-order chi connectivity index (χ0) is 19.1. The monoisotopic (exact) mass is 381 g/mol. The van der Waals surface area contributed by atoms with Crippen LogP contribution < -0.4 is 10.6 Å². The second-order valence-corrected chi connectivity index (χ2v) is 6.47. The lowest BCUT2D eigenvalue weighted by Gasteiger charge is -2.09. The van der Waals surface area contributed by atoms with Gasteiger partial charge in [-0.1, -0.05) is 23.7 Å². The minimum Gasteiger partial charge on any atom is -0.366 e. The Kier molecular flexibility index (Phi) is 6.33. The molecule has 2 aromatic heterocycles. The number of carbonyl (C=O) groups excluding carboxylic acids is 1. The van der Waals surface area contributed by atoms with Gasteiger partial charge in [-0.25, -0.2) is 9.97 Å². The quantitative estimate of drug-likeness (QED) is 0.655. The number of hydrogen-bond acceptors (Lipinski definition) is 5. The van der Waals surface area contributed by atoms with E-state index in [9.17, 15) is 4.79 Å². The van der Waals surface area contributed by atoms with Crippen molar-refractivity contribution in [3.05, 3.63) is 82.5 Å². The van der Waals surface area contributed by atoms with E-state index in [1.165, 1.54) is 0 Å². The number of carbonyl (C=O) groups is 1. The molecule has 0 aliphatic heterocycles. The third kappa shape index (κ3) is 5.76. The zero-order valence-electron chi connectivity index (χ0n) is 14.9. The Labute approximate surface area is 163 Å². The molecule has 7 heteroatoms. The van der Waals surface area contributed by atoms with E-state index >= 15 is 0 Å². The Bertz CT molecular complexity index is 917. The molecule has 0 unspecified atom stereocenters. The van der Waals surface area contributed by atoms with Crippen molar-refractivity contribution in [2.24, 2.45) is 0 Å². The van der Waals surface area contributed by atoms with Crippen molar-refractivity contribution in [3.8, 4) is 0 Å². The van der Waals surface area contributed by atoms with Crippen LogP contribution in [0.4, 0.5) is 5.82 Å². The van der Waals surface area contributed by atoms with Crippen LogP contribution in [0.3, 0.4) is 0 Å². The summed E-state index contributed by atoms with van der Waals surface area (Å²) >= 11 is 5.98. The van der Waals surface area contributed by atoms with E-state index in [1.54, 1.807) is 25.4 Å². The lowest BCUT2D eigenvalue weighted by Crippen LogP contribution is -2.27. The van der Waals surface area contributed by atoms with Gasteiger partial charge < -0.3 is 10.6 Å². The van der Waals surface area contributed by atoms with Gasteiger partial charge in [0.2, 0.25) is 0 Å². The van der Waals surface area contributed by atoms with Crippen molar-refractivity contribution in [2.75, 3.05) is 11.9 Å². The van der Waals surface area contributed by atoms with Crippen LogP contribution in [0.15, 0.2) is 54.9 Å². The minimum absolute atomic E-state index is 0.227. The van der Waals surface area contributed by atoms with Crippen LogP contribution >= 0.6 is 11.6 Å². The number of benzene rings is 1. The van der Waals surface area contributed by atoms with Crippen molar-refractivity contribution >= 4 is 23.3 Å². The lowest BCUT2D eigenvalue weighted by molar-refractivity contribution is 0.0949. The molecule has 2 N–H and O–H groups in total. The van der Waals surface area contributed by atoms with Crippen LogP contribution in [0.2, 0.25) is 5.02 Å². The van der Waals surface area contributed by atoms with Crippen molar-refractivity contribution < 1.29 is 4.79 Å². The number of rotatable bonds is 7. The van der Waals surface area contributed by atoms with Gasteiger partial charge in [0, 0.05) is 36.6 Å². The van der Waals surface area contributed by atoms with Crippen LogP contribution in [0.5, 0.6) is 0 Å². The second-order valence-electron chi connectivity index (χ2n) is 6.03. The maximum absolute atomic E-state index is 12.4. The van der Waals surface area contributed by atoms with E-state index in [0.29, 0.717) is 41.9 Å². The summed E-state index contributed by atoms with van der Waals surface area (Å²) in [5.74, 6) is 0.920. The molecule has 138 valence electrons. The zero-order valence-corrected chi connectivity index (χ0v) is 15.7. The maximum Gasteiger partial charge on any atom is 0.270 e. The third-order valence-corrected chi connectivity index (χ3v) is 4.12. The standard InChI is InChI=1S/C20H20ClN5O/c1-14-25-18(12-19(26-14)24-13-16-5-8-22-9-6-16)20(27)23-10-7-15-3-2-4-17(21)11-15/h2-6,8-9,11-12H,7,10,13H2,1H3,(H,23,27)(H,24,25,26). The van der Waals surface area contributed by atoms with E-state index in [1.807, 2.05) is 36.4 Å². The molecule has 0 aliphatic rings. The van der Waals surface area contributed by atoms with E-state index in [2.05, 4.69) is 25.6 Å². The average Bonchev–Trinajstić information content (AvgIpc) is 2.67. The molecule has 3 rings (SSSR count). The highest BCUT2D eigenvalue weighted by molar-refractivity contribution is 6.30. The molecule has 6 nitrogen and oxygen atoms in total. The summed E-state index contributed by atoms with van der Waals surface area (Å²) in [6.45, 7) is 2.86. The number of aryl methyl sites for hydroxylation is 1. The van der Waals surface area contributed by atoms with Crippen molar-refractivity contribution in [2.45, 2.75) is 19.9 Å². The summed E-state index contributed by atoms with van der Waals surface area (Å²) in [5.41, 5.74) is 2.49. The maximum atomic E-state index is 12.4. The normalized spacial score (nSPS) is 10.4. The fraction of sp³-hybridized carbons (Fsp3) is 0.200. The highest BCUT2D eigenvalue weighted by Crippen LogP contribution is 2.11. The molecule has 1 aromatic carbocycles. The van der Waals surface area contributed by atoms with Crippen LogP contribution in [0.25, 0.3) is 0 Å². The molecule has 1 amide bonds. The number of halogens is 1. The molecular weight excluding hydrogens is 362 g/mol. The Morgan fingerprint density at radius 3 is 2.67 bits per heavy atom. The summed E-state index contributed by atoms with van der Waals surface area (Å²) < 4.78 is 0. The molecule has 3 aromatic rings. The molecule has 0 spiro atoms. The van der Waals surface area contributed by atoms with Crippen LogP contribution in [0.1, 0.15) is 27.4 Å². The number of anilines is 1. The van der Waals surface area contributed by atoms with Gasteiger partial charge in [0.1, 0.15) is 17.3 Å². The summed E-state index contributed by atoms with van der Waals surface area (Å²) in [6.07, 6.45) is 4.17.